The van der Waals surface area contributed by atoms with Crippen LogP contribution in [0.15, 0.2) is 42.5 Å². The number of carbonyl (C=O) groups excluding carboxylic acids is 1. The highest BCUT2D eigenvalue weighted by Gasteiger charge is 2.55. The molecule has 120 valence electrons. The zero-order chi connectivity index (χ0) is 15.3. The van der Waals surface area contributed by atoms with Crippen molar-refractivity contribution in [2.45, 2.75) is 17.9 Å². The van der Waals surface area contributed by atoms with Crippen molar-refractivity contribution in [1.82, 2.24) is 5.32 Å². The molecule has 0 bridgehead atoms. The molecule has 0 radical (unpaired) electrons. The van der Waals surface area contributed by atoms with Crippen LogP contribution in [0.5, 0.6) is 5.75 Å². The molecule has 2 aliphatic heterocycles. The number of hydrogen-bond donors (Lipinski definition) is 3. The second kappa shape index (κ2) is 5.71. The standard InChI is InChI=1S/C17H15ClN2O2.ClH/c18-12-9-10(5-6-14(12)21)15-17(7-8-19-15)11-3-1-2-4-13(11)20-16(17)22;/h1-6,9,15,19,21H,7-8H2,(H,20,22);1H. The fourth-order valence-electron chi connectivity index (χ4n) is 3.71. The molecular weight excluding hydrogens is 335 g/mol. The first-order valence-electron chi connectivity index (χ1n) is 7.26. The Morgan fingerprint density at radius 2 is 2.00 bits per heavy atom. The van der Waals surface area contributed by atoms with Crippen molar-refractivity contribution in [3.05, 3.63) is 58.6 Å². The Kier molecular flexibility index (Phi) is 4.00. The summed E-state index contributed by atoms with van der Waals surface area (Å²) in [6.45, 7) is 0.755. The van der Waals surface area contributed by atoms with E-state index in [9.17, 15) is 9.90 Å². The summed E-state index contributed by atoms with van der Waals surface area (Å²) in [5, 5.41) is 16.3. The van der Waals surface area contributed by atoms with Gasteiger partial charge in [0.2, 0.25) is 5.91 Å². The summed E-state index contributed by atoms with van der Waals surface area (Å²) in [6.07, 6.45) is 0.735. The van der Waals surface area contributed by atoms with Gasteiger partial charge in [-0.1, -0.05) is 35.9 Å². The first-order valence-corrected chi connectivity index (χ1v) is 7.63. The van der Waals surface area contributed by atoms with Crippen LogP contribution in [0, 0.1) is 0 Å². The number of nitrogens with one attached hydrogen (secondary N) is 2. The summed E-state index contributed by atoms with van der Waals surface area (Å²) in [5.74, 6) is 0.0710. The van der Waals surface area contributed by atoms with Crippen molar-refractivity contribution < 1.29 is 9.90 Å². The number of rotatable bonds is 1. The maximum Gasteiger partial charge on any atom is 0.237 e. The molecular formula is C17H16Cl2N2O2. The molecule has 0 saturated carbocycles. The fraction of sp³-hybridized carbons (Fsp3) is 0.235. The van der Waals surface area contributed by atoms with Gasteiger partial charge in [-0.15, -0.1) is 12.4 Å². The fourth-order valence-corrected chi connectivity index (χ4v) is 3.90. The molecule has 2 aromatic rings. The Morgan fingerprint density at radius 1 is 1.22 bits per heavy atom. The molecule has 23 heavy (non-hydrogen) atoms. The van der Waals surface area contributed by atoms with Crippen LogP contribution in [0.4, 0.5) is 5.69 Å². The van der Waals surface area contributed by atoms with Gasteiger partial charge >= 0.3 is 0 Å². The van der Waals surface area contributed by atoms with E-state index in [1.807, 2.05) is 30.3 Å². The summed E-state index contributed by atoms with van der Waals surface area (Å²) < 4.78 is 0. The molecule has 6 heteroatoms. The minimum Gasteiger partial charge on any atom is -0.506 e. The maximum atomic E-state index is 12.8. The van der Waals surface area contributed by atoms with Gasteiger partial charge in [-0.05, 0) is 42.3 Å². The van der Waals surface area contributed by atoms with Crippen LogP contribution in [0.1, 0.15) is 23.6 Å². The summed E-state index contributed by atoms with van der Waals surface area (Å²) in [4.78, 5) is 12.8. The van der Waals surface area contributed by atoms with Crippen LogP contribution >= 0.6 is 24.0 Å². The van der Waals surface area contributed by atoms with Crippen LogP contribution < -0.4 is 10.6 Å². The second-order valence-electron chi connectivity index (χ2n) is 5.82. The predicted molar refractivity (Wildman–Crippen MR) is 92.5 cm³/mol. The van der Waals surface area contributed by atoms with Gasteiger partial charge in [0.1, 0.15) is 5.75 Å². The van der Waals surface area contributed by atoms with Crippen molar-refractivity contribution in [1.29, 1.82) is 0 Å². The third-order valence-electron chi connectivity index (χ3n) is 4.73. The van der Waals surface area contributed by atoms with Gasteiger partial charge in [0.05, 0.1) is 16.5 Å². The van der Waals surface area contributed by atoms with E-state index in [1.54, 1.807) is 12.1 Å². The van der Waals surface area contributed by atoms with Crippen LogP contribution in [0.2, 0.25) is 5.02 Å². The van der Waals surface area contributed by atoms with E-state index >= 15 is 0 Å². The minimum atomic E-state index is -0.614. The number of hydrogen-bond acceptors (Lipinski definition) is 3. The number of benzene rings is 2. The van der Waals surface area contributed by atoms with Crippen molar-refractivity contribution in [2.75, 3.05) is 11.9 Å². The van der Waals surface area contributed by atoms with E-state index in [-0.39, 0.29) is 30.1 Å². The normalized spacial score (nSPS) is 25.1. The van der Waals surface area contributed by atoms with Crippen molar-refractivity contribution in [3.8, 4) is 5.75 Å². The summed E-state index contributed by atoms with van der Waals surface area (Å²) >= 11 is 6.05. The molecule has 1 saturated heterocycles. The zero-order valence-electron chi connectivity index (χ0n) is 12.2. The Balaban J connectivity index is 0.00000156. The highest BCUT2D eigenvalue weighted by atomic mass is 35.5. The number of halogens is 2. The highest BCUT2D eigenvalue weighted by molar-refractivity contribution is 6.32. The predicted octanol–water partition coefficient (Wildman–Crippen LogP) is 3.39. The number of phenols is 1. The van der Waals surface area contributed by atoms with Crippen LogP contribution in [0.3, 0.4) is 0 Å². The van der Waals surface area contributed by atoms with Gasteiger partial charge in [0.15, 0.2) is 0 Å². The Bertz CT molecular complexity index is 781. The second-order valence-corrected chi connectivity index (χ2v) is 6.23. The van der Waals surface area contributed by atoms with E-state index in [0.717, 1.165) is 29.8 Å². The van der Waals surface area contributed by atoms with Crippen molar-refractivity contribution >= 4 is 35.6 Å². The molecule has 4 nitrogen and oxygen atoms in total. The first kappa shape index (κ1) is 16.1. The van der Waals surface area contributed by atoms with Crippen LogP contribution in [-0.4, -0.2) is 17.6 Å². The van der Waals surface area contributed by atoms with E-state index in [1.165, 1.54) is 0 Å². The average Bonchev–Trinajstić information content (AvgIpc) is 3.07. The SMILES string of the molecule is Cl.O=C1Nc2ccccc2C12CCNC2c1ccc(O)c(Cl)c1. The largest absolute Gasteiger partial charge is 0.506 e. The molecule has 2 heterocycles. The molecule has 1 amide bonds. The number of carbonyl (C=O) groups is 1. The van der Waals surface area contributed by atoms with E-state index in [4.69, 9.17) is 11.6 Å². The number of para-hydroxylation sites is 1. The van der Waals surface area contributed by atoms with E-state index < -0.39 is 5.41 Å². The number of fused-ring (bicyclic) bond motifs is 2. The molecule has 1 spiro atoms. The number of anilines is 1. The molecule has 0 aromatic heterocycles. The average molecular weight is 351 g/mol. The van der Waals surface area contributed by atoms with Crippen LogP contribution in [-0.2, 0) is 10.2 Å². The molecule has 1 fully saturated rings. The Morgan fingerprint density at radius 3 is 2.78 bits per heavy atom. The summed E-state index contributed by atoms with van der Waals surface area (Å²) in [7, 11) is 0. The molecule has 4 rings (SSSR count). The van der Waals surface area contributed by atoms with Gasteiger partial charge < -0.3 is 15.7 Å². The lowest BCUT2D eigenvalue weighted by Crippen LogP contribution is -2.39. The maximum absolute atomic E-state index is 12.8. The molecule has 3 N–H and O–H groups in total. The van der Waals surface area contributed by atoms with Crippen molar-refractivity contribution in [3.63, 3.8) is 0 Å². The summed E-state index contributed by atoms with van der Waals surface area (Å²) in [5.41, 5.74) is 2.20. The monoisotopic (exact) mass is 350 g/mol. The van der Waals surface area contributed by atoms with Gasteiger partial charge in [-0.2, -0.15) is 0 Å². The Labute approximate surface area is 145 Å². The van der Waals surface area contributed by atoms with Gasteiger partial charge in [0, 0.05) is 5.69 Å². The van der Waals surface area contributed by atoms with E-state index in [2.05, 4.69) is 10.6 Å². The lowest BCUT2D eigenvalue weighted by Gasteiger charge is -2.29. The number of aromatic hydroxyl groups is 1. The zero-order valence-corrected chi connectivity index (χ0v) is 13.7. The van der Waals surface area contributed by atoms with Gasteiger partial charge in [-0.3, -0.25) is 4.79 Å². The lowest BCUT2D eigenvalue weighted by molar-refractivity contribution is -0.121. The minimum absolute atomic E-state index is 0. The molecule has 2 unspecified atom stereocenters. The third-order valence-corrected chi connectivity index (χ3v) is 5.03. The van der Waals surface area contributed by atoms with Crippen molar-refractivity contribution in [2.24, 2.45) is 0 Å². The first-order chi connectivity index (χ1) is 10.6. The highest BCUT2D eigenvalue weighted by Crippen LogP contribution is 2.51. The third kappa shape index (κ3) is 2.21. The molecule has 2 aliphatic rings. The topological polar surface area (TPSA) is 61.4 Å². The Hall–Kier alpha value is -1.75. The van der Waals surface area contributed by atoms with Gasteiger partial charge in [0.25, 0.3) is 0 Å². The van der Waals surface area contributed by atoms with Crippen LogP contribution in [0.25, 0.3) is 0 Å². The van der Waals surface area contributed by atoms with Gasteiger partial charge in [-0.25, -0.2) is 0 Å². The molecule has 2 aromatic carbocycles. The number of amides is 1. The van der Waals surface area contributed by atoms with E-state index in [0.29, 0.717) is 5.02 Å². The summed E-state index contributed by atoms with van der Waals surface area (Å²) in [6, 6.07) is 12.8. The number of phenolic OH excluding ortho intramolecular Hbond substituents is 1. The molecule has 0 aliphatic carbocycles. The quantitative estimate of drug-likeness (QED) is 0.738. The lowest BCUT2D eigenvalue weighted by atomic mass is 9.73. The smallest absolute Gasteiger partial charge is 0.237 e. The molecule has 2 atom stereocenters.